The summed E-state index contributed by atoms with van der Waals surface area (Å²) in [5, 5.41) is 3.27. The zero-order chi connectivity index (χ0) is 15.0. The van der Waals surface area contributed by atoms with Crippen LogP contribution in [0.2, 0.25) is 5.02 Å². The molecule has 3 unspecified atom stereocenters. The molecule has 1 aromatic rings. The number of halogens is 1. The zero-order valence-corrected chi connectivity index (χ0v) is 13.2. The van der Waals surface area contributed by atoms with E-state index >= 15 is 0 Å². The van der Waals surface area contributed by atoms with Gasteiger partial charge in [0.1, 0.15) is 10.3 Å². The van der Waals surface area contributed by atoms with Gasteiger partial charge in [-0.3, -0.25) is 9.59 Å². The summed E-state index contributed by atoms with van der Waals surface area (Å²) in [7, 11) is 0. The Hall–Kier alpha value is -0.980. The highest BCUT2D eigenvalue weighted by Crippen LogP contribution is 2.43. The van der Waals surface area contributed by atoms with Crippen LogP contribution in [0, 0.1) is 6.92 Å². The monoisotopic (exact) mass is 315 g/mol. The molecule has 110 valence electrons. The Morgan fingerprint density at radius 1 is 1.60 bits per heavy atom. The maximum absolute atomic E-state index is 12.2. The van der Waals surface area contributed by atoms with E-state index in [0.29, 0.717) is 10.6 Å². The minimum atomic E-state index is -0.464. The quantitative estimate of drug-likeness (QED) is 0.792. The number of aromatic nitrogens is 1. The van der Waals surface area contributed by atoms with Gasteiger partial charge in [0.05, 0.1) is 11.1 Å². The molecule has 1 aliphatic heterocycles. The Morgan fingerprint density at radius 2 is 2.25 bits per heavy atom. The van der Waals surface area contributed by atoms with Crippen molar-refractivity contribution in [3.63, 3.8) is 0 Å². The normalized spacial score (nSPS) is 22.4. The predicted molar refractivity (Wildman–Crippen MR) is 81.3 cm³/mol. The van der Waals surface area contributed by atoms with Crippen molar-refractivity contribution in [2.75, 3.05) is 0 Å². The predicted octanol–water partition coefficient (Wildman–Crippen LogP) is 1.73. The van der Waals surface area contributed by atoms with E-state index in [4.69, 9.17) is 17.3 Å². The summed E-state index contributed by atoms with van der Waals surface area (Å²) in [4.78, 5) is 26.6. The van der Waals surface area contributed by atoms with Crippen LogP contribution in [0.15, 0.2) is 9.82 Å². The number of nitrogens with one attached hydrogen (secondary N) is 2. The van der Waals surface area contributed by atoms with Gasteiger partial charge in [-0.25, -0.2) is 0 Å². The Labute approximate surface area is 126 Å². The molecule has 0 radical (unpaired) electrons. The first-order valence-corrected chi connectivity index (χ1v) is 7.77. The summed E-state index contributed by atoms with van der Waals surface area (Å²) in [6.07, 6.45) is 0.854. The molecular weight excluding hydrogens is 298 g/mol. The van der Waals surface area contributed by atoms with Crippen LogP contribution in [-0.4, -0.2) is 22.2 Å². The largest absolute Gasteiger partial charge is 0.353 e. The maximum atomic E-state index is 12.2. The van der Waals surface area contributed by atoms with Gasteiger partial charge in [-0.1, -0.05) is 30.3 Å². The Balaban J connectivity index is 2.30. The molecule has 0 saturated carbocycles. The van der Waals surface area contributed by atoms with Crippen molar-refractivity contribution in [1.29, 1.82) is 0 Å². The molecule has 5 nitrogen and oxygen atoms in total. The van der Waals surface area contributed by atoms with E-state index in [2.05, 4.69) is 10.3 Å². The third kappa shape index (κ3) is 2.60. The molecule has 7 heteroatoms. The van der Waals surface area contributed by atoms with Crippen molar-refractivity contribution in [2.24, 2.45) is 5.73 Å². The Morgan fingerprint density at radius 3 is 2.85 bits per heavy atom. The van der Waals surface area contributed by atoms with Gasteiger partial charge in [0.15, 0.2) is 0 Å². The molecule has 1 aromatic heterocycles. The van der Waals surface area contributed by atoms with Crippen molar-refractivity contribution in [2.45, 2.75) is 49.6 Å². The van der Waals surface area contributed by atoms with Crippen molar-refractivity contribution in [3.8, 4) is 0 Å². The number of thioether (sulfide) groups is 1. The molecule has 2 heterocycles. The average Bonchev–Trinajstić information content (AvgIpc) is 2.73. The first-order valence-electron chi connectivity index (χ1n) is 6.51. The highest BCUT2D eigenvalue weighted by atomic mass is 35.5. The number of carbonyl (C=O) groups is 1. The van der Waals surface area contributed by atoms with Crippen LogP contribution in [0.1, 0.15) is 37.4 Å². The fourth-order valence-electron chi connectivity index (χ4n) is 2.17. The lowest BCUT2D eigenvalue weighted by Gasteiger charge is -2.18. The second-order valence-electron chi connectivity index (χ2n) is 5.02. The van der Waals surface area contributed by atoms with Gasteiger partial charge in [-0.15, -0.1) is 0 Å². The molecule has 0 saturated heterocycles. The molecule has 2 rings (SSSR count). The number of rotatable bonds is 3. The van der Waals surface area contributed by atoms with Crippen molar-refractivity contribution in [3.05, 3.63) is 26.5 Å². The summed E-state index contributed by atoms with van der Waals surface area (Å²) >= 11 is 7.24. The van der Waals surface area contributed by atoms with E-state index in [1.165, 1.54) is 11.8 Å². The number of amides is 1. The molecule has 0 bridgehead atoms. The van der Waals surface area contributed by atoms with Crippen LogP contribution in [0.3, 0.4) is 0 Å². The average molecular weight is 316 g/mol. The molecule has 1 amide bonds. The number of pyridine rings is 1. The van der Waals surface area contributed by atoms with Crippen LogP contribution < -0.4 is 16.6 Å². The fraction of sp³-hybridized carbons (Fsp3) is 0.538. The van der Waals surface area contributed by atoms with Gasteiger partial charge in [0.2, 0.25) is 5.91 Å². The highest BCUT2D eigenvalue weighted by Gasteiger charge is 2.38. The van der Waals surface area contributed by atoms with Gasteiger partial charge in [-0.2, -0.15) is 0 Å². The van der Waals surface area contributed by atoms with Crippen LogP contribution in [-0.2, 0) is 4.79 Å². The van der Waals surface area contributed by atoms with Crippen LogP contribution in [0.4, 0.5) is 0 Å². The van der Waals surface area contributed by atoms with Crippen LogP contribution >= 0.6 is 23.4 Å². The minimum Gasteiger partial charge on any atom is -0.353 e. The van der Waals surface area contributed by atoms with Crippen molar-refractivity contribution in [1.82, 2.24) is 10.3 Å². The third-order valence-electron chi connectivity index (χ3n) is 3.57. The Bertz CT molecular complexity index is 602. The molecular formula is C13H18ClN3O2S. The molecule has 4 N–H and O–H groups in total. The van der Waals surface area contributed by atoms with Gasteiger partial charge in [-0.05, 0) is 25.8 Å². The van der Waals surface area contributed by atoms with E-state index in [1.54, 1.807) is 6.92 Å². The summed E-state index contributed by atoms with van der Waals surface area (Å²) in [6, 6.07) is -0.365. The number of hydrogen-bond donors (Lipinski definition) is 3. The lowest BCUT2D eigenvalue weighted by molar-refractivity contribution is -0.121. The van der Waals surface area contributed by atoms with Crippen LogP contribution in [0.5, 0.6) is 0 Å². The van der Waals surface area contributed by atoms with E-state index < -0.39 is 11.3 Å². The smallest absolute Gasteiger partial charge is 0.267 e. The zero-order valence-electron chi connectivity index (χ0n) is 11.6. The number of hydrogen-bond acceptors (Lipinski definition) is 4. The lowest BCUT2D eigenvalue weighted by Crippen LogP contribution is -2.41. The second-order valence-corrected chi connectivity index (χ2v) is 6.55. The van der Waals surface area contributed by atoms with E-state index in [1.807, 2.05) is 13.8 Å². The second kappa shape index (κ2) is 5.79. The lowest BCUT2D eigenvalue weighted by atomic mass is 10.0. The van der Waals surface area contributed by atoms with E-state index in [9.17, 15) is 9.59 Å². The molecule has 0 fully saturated rings. The SMILES string of the molecule is CCC(C)NC(=O)C1Sc2[nH]c(=O)c(Cl)c(C)c2C1N. The fourth-order valence-corrected chi connectivity index (χ4v) is 3.60. The van der Waals surface area contributed by atoms with E-state index in [-0.39, 0.29) is 22.5 Å². The van der Waals surface area contributed by atoms with Gasteiger partial charge >= 0.3 is 0 Å². The number of nitrogens with two attached hydrogens (primary N) is 1. The van der Waals surface area contributed by atoms with Crippen molar-refractivity contribution < 1.29 is 4.79 Å². The highest BCUT2D eigenvalue weighted by molar-refractivity contribution is 8.01. The summed E-state index contributed by atoms with van der Waals surface area (Å²) in [5.74, 6) is -0.107. The maximum Gasteiger partial charge on any atom is 0.267 e. The third-order valence-corrected chi connectivity index (χ3v) is 5.34. The van der Waals surface area contributed by atoms with Crippen LogP contribution in [0.25, 0.3) is 0 Å². The van der Waals surface area contributed by atoms with Gasteiger partial charge in [0.25, 0.3) is 5.56 Å². The molecule has 0 aliphatic carbocycles. The first-order chi connectivity index (χ1) is 9.36. The Kier molecular flexibility index (Phi) is 4.46. The molecule has 0 spiro atoms. The minimum absolute atomic E-state index is 0.0998. The van der Waals surface area contributed by atoms with Gasteiger partial charge in [0, 0.05) is 11.6 Å². The first kappa shape index (κ1) is 15.4. The van der Waals surface area contributed by atoms with E-state index in [0.717, 1.165) is 12.0 Å². The number of aromatic amines is 1. The number of fused-ring (bicyclic) bond motifs is 1. The summed E-state index contributed by atoms with van der Waals surface area (Å²) in [6.45, 7) is 5.70. The molecule has 3 atom stereocenters. The van der Waals surface area contributed by atoms with Crippen molar-refractivity contribution >= 4 is 29.3 Å². The molecule has 1 aliphatic rings. The number of carbonyl (C=O) groups excluding carboxylic acids is 1. The number of H-pyrrole nitrogens is 1. The standard InChI is InChI=1S/C13H18ClN3O2S/c1-4-5(2)16-12(19)10-9(15)7-6(3)8(14)11(18)17-13(7)20-10/h5,9-10H,4,15H2,1-3H3,(H,16,19)(H,17,18). The van der Waals surface area contributed by atoms with Gasteiger partial charge < -0.3 is 16.0 Å². The molecule has 0 aromatic carbocycles. The topological polar surface area (TPSA) is 88.0 Å². The summed E-state index contributed by atoms with van der Waals surface area (Å²) in [5.41, 5.74) is 7.25. The molecule has 20 heavy (non-hydrogen) atoms. The summed E-state index contributed by atoms with van der Waals surface area (Å²) < 4.78 is 0.